The van der Waals surface area contributed by atoms with Crippen LogP contribution in [0.4, 0.5) is 5.69 Å². The van der Waals surface area contributed by atoms with Crippen molar-refractivity contribution in [2.75, 3.05) is 25.3 Å². The zero-order valence-electron chi connectivity index (χ0n) is 17.0. The van der Waals surface area contributed by atoms with Gasteiger partial charge in [-0.3, -0.25) is 4.79 Å². The Hall–Kier alpha value is -0.970. The summed E-state index contributed by atoms with van der Waals surface area (Å²) in [5.41, 5.74) is 7.48. The van der Waals surface area contributed by atoms with Crippen molar-refractivity contribution in [2.45, 2.75) is 39.5 Å². The Balaban J connectivity index is 0. The highest BCUT2D eigenvalue weighted by Gasteiger charge is 2.11. The van der Waals surface area contributed by atoms with Crippen molar-refractivity contribution < 1.29 is 15.4 Å². The molecule has 0 aromatic heterocycles. The average molecular weight is 355 g/mol. The maximum absolute atomic E-state index is 11.0. The van der Waals surface area contributed by atoms with Crippen molar-refractivity contribution in [3.8, 4) is 0 Å². The van der Waals surface area contributed by atoms with Gasteiger partial charge in [-0.25, -0.2) is 0 Å². The normalized spacial score (nSPS) is 14.0. The predicted octanol–water partition coefficient (Wildman–Crippen LogP) is 3.40. The van der Waals surface area contributed by atoms with Crippen LogP contribution in [-0.2, 0) is 17.6 Å². The summed E-state index contributed by atoms with van der Waals surface area (Å²) in [6.07, 6.45) is 0.437. The number of aliphatic carboxylic acids is 1. The summed E-state index contributed by atoms with van der Waals surface area (Å²) in [7, 11) is 0. The van der Waals surface area contributed by atoms with Crippen LogP contribution in [0.2, 0.25) is 0 Å². The van der Waals surface area contributed by atoms with Crippen molar-refractivity contribution in [2.24, 2.45) is 0 Å². The lowest BCUT2D eigenvalue weighted by atomic mass is 9.99. The molecule has 1 aromatic rings. The van der Waals surface area contributed by atoms with Gasteiger partial charge < -0.3 is 15.7 Å². The molecule has 128 valence electrons. The van der Waals surface area contributed by atoms with E-state index in [9.17, 15) is 4.79 Å². The molecule has 0 bridgehead atoms. The van der Waals surface area contributed by atoms with Crippen LogP contribution < -0.4 is 5.73 Å². The number of rotatable bonds is 9. The number of benzene rings is 1. The van der Waals surface area contributed by atoms with E-state index in [2.05, 4.69) is 0 Å². The van der Waals surface area contributed by atoms with Crippen LogP contribution >= 0.6 is 24.8 Å². The summed E-state index contributed by atoms with van der Waals surface area (Å²) < 4.78 is 32.4. The van der Waals surface area contributed by atoms with Gasteiger partial charge in [0.2, 0.25) is 0 Å². The Morgan fingerprint density at radius 2 is 1.86 bits per heavy atom. The third kappa shape index (κ3) is 7.87. The van der Waals surface area contributed by atoms with E-state index >= 15 is 0 Å². The molecule has 0 aliphatic heterocycles. The first kappa shape index (κ1) is 15.9. The Morgan fingerprint density at radius 3 is 2.36 bits per heavy atom. The molecular weight excluding hydrogens is 323 g/mol. The van der Waals surface area contributed by atoms with Crippen molar-refractivity contribution >= 4 is 36.5 Å². The number of halogens is 2. The van der Waals surface area contributed by atoms with E-state index in [4.69, 9.17) is 16.3 Å². The number of carboxylic acid groups (broad SMARTS) is 1. The monoisotopic (exact) mass is 354 g/mol. The lowest BCUT2D eigenvalue weighted by Crippen LogP contribution is -2.28. The third-order valence-corrected chi connectivity index (χ3v) is 2.94. The van der Waals surface area contributed by atoms with E-state index in [0.29, 0.717) is 23.2 Å². The molecule has 22 heavy (non-hydrogen) atoms. The standard InChI is InChI=1S/C16H26N2O2.2ClH/c1-3-9-18(10-4-2)11-8-13-6-5-7-15(17)14(13)12-16(19)20;;/h5-7H,3-4,8-12,17H2,1-2H3,(H,19,20);2*1H/i9D2,10D2;;. The van der Waals surface area contributed by atoms with Crippen molar-refractivity contribution in [1.82, 2.24) is 4.90 Å². The highest BCUT2D eigenvalue weighted by Crippen LogP contribution is 2.19. The van der Waals surface area contributed by atoms with Gasteiger partial charge in [0.05, 0.1) is 6.42 Å². The lowest BCUT2D eigenvalue weighted by Gasteiger charge is -2.21. The second-order valence-corrected chi connectivity index (χ2v) is 4.48. The number of hydrogen-bond donors (Lipinski definition) is 2. The van der Waals surface area contributed by atoms with Gasteiger partial charge in [0.15, 0.2) is 0 Å². The molecule has 0 amide bonds. The smallest absolute Gasteiger partial charge is 0.307 e. The van der Waals surface area contributed by atoms with Crippen LogP contribution in [0.25, 0.3) is 0 Å². The fourth-order valence-corrected chi connectivity index (χ4v) is 2.08. The minimum atomic E-state index is -1.78. The molecule has 3 N–H and O–H groups in total. The summed E-state index contributed by atoms with van der Waals surface area (Å²) in [6.45, 7) is -0.0818. The molecule has 0 saturated carbocycles. The second-order valence-electron chi connectivity index (χ2n) is 4.48. The average Bonchev–Trinajstić information content (AvgIpc) is 2.49. The highest BCUT2D eigenvalue weighted by molar-refractivity contribution is 5.85. The van der Waals surface area contributed by atoms with Crippen LogP contribution in [0, 0.1) is 0 Å². The van der Waals surface area contributed by atoms with Crippen LogP contribution in [0.3, 0.4) is 0 Å². The Labute approximate surface area is 151 Å². The second kappa shape index (κ2) is 12.6. The summed E-state index contributed by atoms with van der Waals surface area (Å²) >= 11 is 0. The molecular formula is C16H28Cl2N2O2. The maximum Gasteiger partial charge on any atom is 0.307 e. The lowest BCUT2D eigenvalue weighted by molar-refractivity contribution is -0.136. The molecule has 4 nitrogen and oxygen atoms in total. The molecule has 0 fully saturated rings. The van der Waals surface area contributed by atoms with Gasteiger partial charge in [0, 0.05) is 17.7 Å². The maximum atomic E-state index is 11.0. The largest absolute Gasteiger partial charge is 0.481 e. The fourth-order valence-electron chi connectivity index (χ4n) is 2.08. The first-order valence-electron chi connectivity index (χ1n) is 8.91. The van der Waals surface area contributed by atoms with Crippen LogP contribution in [0.15, 0.2) is 18.2 Å². The van der Waals surface area contributed by atoms with Gasteiger partial charge in [-0.05, 0) is 49.4 Å². The van der Waals surface area contributed by atoms with Gasteiger partial charge >= 0.3 is 5.97 Å². The zero-order chi connectivity index (χ0) is 18.5. The summed E-state index contributed by atoms with van der Waals surface area (Å²) in [5, 5.41) is 9.04. The van der Waals surface area contributed by atoms with Gasteiger partial charge in [0.25, 0.3) is 0 Å². The number of nitrogens with zero attached hydrogens (tertiary/aromatic N) is 1. The molecule has 0 heterocycles. The van der Waals surface area contributed by atoms with Gasteiger partial charge in [-0.15, -0.1) is 24.8 Å². The molecule has 1 aromatic carbocycles. The topological polar surface area (TPSA) is 66.6 Å². The Kier molecular flexibility index (Phi) is 9.08. The van der Waals surface area contributed by atoms with Crippen molar-refractivity contribution in [1.29, 1.82) is 0 Å². The zero-order valence-corrected chi connectivity index (χ0v) is 14.6. The molecule has 0 radical (unpaired) electrons. The number of hydrogen-bond acceptors (Lipinski definition) is 3. The Morgan fingerprint density at radius 1 is 1.27 bits per heavy atom. The Bertz CT molecular complexity index is 573. The fraction of sp³-hybridized carbons (Fsp3) is 0.562. The third-order valence-electron chi connectivity index (χ3n) is 2.94. The van der Waals surface area contributed by atoms with Crippen LogP contribution in [0.1, 0.15) is 43.3 Å². The first-order chi connectivity index (χ1) is 11.0. The van der Waals surface area contributed by atoms with Gasteiger partial charge in [-0.2, -0.15) is 0 Å². The molecule has 0 atom stereocenters. The number of nitrogen functional groups attached to an aromatic ring is 1. The summed E-state index contributed by atoms with van der Waals surface area (Å²) in [6, 6.07) is 5.12. The number of anilines is 1. The first-order valence-corrected chi connectivity index (χ1v) is 6.91. The van der Waals surface area contributed by atoms with Crippen molar-refractivity contribution in [3.63, 3.8) is 0 Å². The summed E-state index contributed by atoms with van der Waals surface area (Å²) in [5.74, 6) is -0.987. The molecule has 0 aliphatic rings. The number of nitrogens with two attached hydrogens (primary N) is 1. The molecule has 0 spiro atoms. The van der Waals surface area contributed by atoms with Crippen molar-refractivity contribution in [3.05, 3.63) is 29.3 Å². The van der Waals surface area contributed by atoms with E-state index in [1.54, 1.807) is 32.0 Å². The minimum Gasteiger partial charge on any atom is -0.481 e. The molecule has 0 saturated heterocycles. The molecule has 0 aliphatic carbocycles. The summed E-state index contributed by atoms with van der Waals surface area (Å²) in [4.78, 5) is 12.3. The van der Waals surface area contributed by atoms with E-state index < -0.39 is 19.0 Å². The number of carboxylic acids is 1. The van der Waals surface area contributed by atoms with E-state index in [0.717, 1.165) is 0 Å². The molecule has 1 rings (SSSR count). The quantitative estimate of drug-likeness (QED) is 0.666. The minimum absolute atomic E-state index is 0. The molecule has 0 unspecified atom stereocenters. The SMILES string of the molecule is Cl.Cl.[2H]C([2H])(CC)N(CCc1cccc(N)c1CC(=O)O)C([2H])([2H])CC. The highest BCUT2D eigenvalue weighted by atomic mass is 35.5. The number of carbonyl (C=O) groups is 1. The van der Waals surface area contributed by atoms with E-state index in [1.165, 1.54) is 4.90 Å². The predicted molar refractivity (Wildman–Crippen MR) is 97.4 cm³/mol. The van der Waals surface area contributed by atoms with E-state index in [-0.39, 0.29) is 50.6 Å². The van der Waals surface area contributed by atoms with Gasteiger partial charge in [-0.1, -0.05) is 26.0 Å². The van der Waals surface area contributed by atoms with Crippen LogP contribution in [0.5, 0.6) is 0 Å². The molecule has 6 heteroatoms. The van der Waals surface area contributed by atoms with Gasteiger partial charge in [0.1, 0.15) is 0 Å². The van der Waals surface area contributed by atoms with E-state index in [1.807, 2.05) is 0 Å². The van der Waals surface area contributed by atoms with Crippen LogP contribution in [-0.4, -0.2) is 35.5 Å².